The molecule has 124 valence electrons. The lowest BCUT2D eigenvalue weighted by atomic mass is 9.91. The van der Waals surface area contributed by atoms with Gasteiger partial charge in [-0.15, -0.1) is 4.91 Å². The van der Waals surface area contributed by atoms with Crippen LogP contribution in [0.15, 0.2) is 84.0 Å². The van der Waals surface area contributed by atoms with E-state index in [1.807, 2.05) is 30.3 Å². The third-order valence-corrected chi connectivity index (χ3v) is 4.07. The Bertz CT molecular complexity index is 890. The van der Waals surface area contributed by atoms with Gasteiger partial charge in [0.05, 0.1) is 12.7 Å². The number of nitroso groups, excluding NO2 is 1. The second-order valence-corrected chi connectivity index (χ2v) is 5.54. The molecule has 0 saturated heterocycles. The topological polar surface area (TPSA) is 55.7 Å². The van der Waals surface area contributed by atoms with Crippen LogP contribution in [0.2, 0.25) is 0 Å². The molecule has 0 heterocycles. The van der Waals surface area contributed by atoms with Crippen molar-refractivity contribution in [1.29, 1.82) is 0 Å². The maximum Gasteiger partial charge on any atom is 0.197 e. The number of benzene rings is 3. The summed E-state index contributed by atoms with van der Waals surface area (Å²) in [5, 5.41) is 3.27. The van der Waals surface area contributed by atoms with Crippen molar-refractivity contribution in [1.82, 2.24) is 0 Å². The minimum Gasteiger partial charge on any atom is -0.496 e. The molecule has 0 fully saturated rings. The van der Waals surface area contributed by atoms with Crippen LogP contribution in [0.4, 0.5) is 0 Å². The summed E-state index contributed by atoms with van der Waals surface area (Å²) in [4.78, 5) is 24.6. The van der Waals surface area contributed by atoms with Crippen LogP contribution in [0.25, 0.3) is 0 Å². The Morgan fingerprint density at radius 2 is 1.44 bits per heavy atom. The number of hydrogen-bond donors (Lipinski definition) is 0. The molecule has 0 aromatic heterocycles. The van der Waals surface area contributed by atoms with E-state index in [4.69, 9.17) is 4.74 Å². The van der Waals surface area contributed by atoms with Crippen LogP contribution in [0.3, 0.4) is 0 Å². The molecule has 25 heavy (non-hydrogen) atoms. The number of nitrogens with zero attached hydrogens (tertiary/aromatic N) is 1. The normalized spacial score (nSPS) is 11.6. The SMILES string of the molecule is COc1ccccc1C(=O)c1ccccc1C(N=O)c1ccccc1. The lowest BCUT2D eigenvalue weighted by Crippen LogP contribution is -2.10. The molecule has 0 N–H and O–H groups in total. The van der Waals surface area contributed by atoms with Crippen molar-refractivity contribution in [3.8, 4) is 5.75 Å². The monoisotopic (exact) mass is 331 g/mol. The second-order valence-electron chi connectivity index (χ2n) is 5.54. The van der Waals surface area contributed by atoms with Gasteiger partial charge in [0.2, 0.25) is 0 Å². The van der Waals surface area contributed by atoms with Gasteiger partial charge in [-0.3, -0.25) is 4.79 Å². The minimum atomic E-state index is -0.740. The van der Waals surface area contributed by atoms with Gasteiger partial charge in [-0.2, -0.15) is 0 Å². The molecule has 0 aliphatic carbocycles. The molecule has 3 aromatic carbocycles. The molecule has 0 amide bonds. The maximum absolute atomic E-state index is 13.1. The number of ether oxygens (including phenoxy) is 1. The third kappa shape index (κ3) is 3.33. The Morgan fingerprint density at radius 1 is 0.840 bits per heavy atom. The zero-order valence-electron chi connectivity index (χ0n) is 13.8. The van der Waals surface area contributed by atoms with Gasteiger partial charge in [0, 0.05) is 5.56 Å². The molecule has 1 unspecified atom stereocenters. The van der Waals surface area contributed by atoms with Crippen LogP contribution in [-0.2, 0) is 0 Å². The largest absolute Gasteiger partial charge is 0.496 e. The summed E-state index contributed by atoms with van der Waals surface area (Å²) in [7, 11) is 1.53. The minimum absolute atomic E-state index is 0.197. The summed E-state index contributed by atoms with van der Waals surface area (Å²) in [5.74, 6) is 0.301. The van der Waals surface area contributed by atoms with E-state index in [0.717, 1.165) is 5.56 Å². The molecule has 3 aromatic rings. The highest BCUT2D eigenvalue weighted by atomic mass is 16.5. The van der Waals surface area contributed by atoms with Crippen LogP contribution in [0, 0.1) is 4.91 Å². The smallest absolute Gasteiger partial charge is 0.197 e. The highest BCUT2D eigenvalue weighted by Crippen LogP contribution is 2.31. The molecular formula is C21H17NO3. The average Bonchev–Trinajstić information content (AvgIpc) is 2.69. The Hall–Kier alpha value is -3.27. The number of carbonyl (C=O) groups is 1. The van der Waals surface area contributed by atoms with Gasteiger partial charge in [-0.1, -0.05) is 71.9 Å². The predicted molar refractivity (Wildman–Crippen MR) is 96.9 cm³/mol. The zero-order chi connectivity index (χ0) is 17.6. The molecule has 1 atom stereocenters. The molecule has 0 bridgehead atoms. The van der Waals surface area contributed by atoms with Crippen molar-refractivity contribution in [2.75, 3.05) is 7.11 Å². The van der Waals surface area contributed by atoms with Gasteiger partial charge >= 0.3 is 0 Å². The summed E-state index contributed by atoms with van der Waals surface area (Å²) in [6.45, 7) is 0. The lowest BCUT2D eigenvalue weighted by Gasteiger charge is -2.15. The van der Waals surface area contributed by atoms with E-state index in [1.54, 1.807) is 48.5 Å². The fourth-order valence-electron chi connectivity index (χ4n) is 2.85. The van der Waals surface area contributed by atoms with Gasteiger partial charge in [-0.25, -0.2) is 0 Å². The second kappa shape index (κ2) is 7.53. The molecule has 0 saturated carbocycles. The number of para-hydroxylation sites is 1. The first-order valence-corrected chi connectivity index (χ1v) is 7.90. The van der Waals surface area contributed by atoms with Crippen LogP contribution < -0.4 is 4.74 Å². The predicted octanol–water partition coefficient (Wildman–Crippen LogP) is 4.78. The number of methoxy groups -OCH3 is 1. The Kier molecular flexibility index (Phi) is 5.00. The van der Waals surface area contributed by atoms with Crippen LogP contribution in [-0.4, -0.2) is 12.9 Å². The Balaban J connectivity index is 2.10. The van der Waals surface area contributed by atoms with Crippen LogP contribution in [0.5, 0.6) is 5.75 Å². The first kappa shape index (κ1) is 16.6. The van der Waals surface area contributed by atoms with E-state index in [9.17, 15) is 9.70 Å². The van der Waals surface area contributed by atoms with Crippen molar-refractivity contribution in [2.24, 2.45) is 5.18 Å². The first-order valence-electron chi connectivity index (χ1n) is 7.90. The van der Waals surface area contributed by atoms with E-state index < -0.39 is 6.04 Å². The summed E-state index contributed by atoms with van der Waals surface area (Å²) in [6.07, 6.45) is 0. The Morgan fingerprint density at radius 3 is 2.12 bits per heavy atom. The zero-order valence-corrected chi connectivity index (χ0v) is 13.8. The molecule has 4 heteroatoms. The summed E-state index contributed by atoms with van der Waals surface area (Å²) < 4.78 is 5.29. The van der Waals surface area contributed by atoms with Gasteiger partial charge in [-0.05, 0) is 23.3 Å². The molecule has 0 aliphatic heterocycles. The van der Waals surface area contributed by atoms with Gasteiger partial charge in [0.15, 0.2) is 5.78 Å². The molecular weight excluding hydrogens is 314 g/mol. The van der Waals surface area contributed by atoms with Crippen LogP contribution >= 0.6 is 0 Å². The maximum atomic E-state index is 13.1. The summed E-state index contributed by atoms with van der Waals surface area (Å²) >= 11 is 0. The third-order valence-electron chi connectivity index (χ3n) is 4.07. The van der Waals surface area contributed by atoms with E-state index in [-0.39, 0.29) is 5.78 Å². The summed E-state index contributed by atoms with van der Waals surface area (Å²) in [6, 6.07) is 22.6. The molecule has 0 aliphatic rings. The van der Waals surface area contributed by atoms with E-state index in [1.165, 1.54) is 7.11 Å². The van der Waals surface area contributed by atoms with Crippen molar-refractivity contribution < 1.29 is 9.53 Å². The summed E-state index contributed by atoms with van der Waals surface area (Å²) in [5.41, 5.74) is 2.23. The highest BCUT2D eigenvalue weighted by molar-refractivity contribution is 6.11. The standard InChI is InChI=1S/C21H17NO3/c1-25-19-14-8-7-13-18(19)21(23)17-12-6-5-11-16(17)20(22-24)15-9-3-2-4-10-15/h2-14,20H,1H3. The van der Waals surface area contributed by atoms with Crippen molar-refractivity contribution >= 4 is 5.78 Å². The van der Waals surface area contributed by atoms with Gasteiger partial charge in [0.1, 0.15) is 11.8 Å². The van der Waals surface area contributed by atoms with Crippen LogP contribution in [0.1, 0.15) is 33.1 Å². The lowest BCUT2D eigenvalue weighted by molar-refractivity contribution is 0.103. The molecule has 3 rings (SSSR count). The van der Waals surface area contributed by atoms with Gasteiger partial charge in [0.25, 0.3) is 0 Å². The highest BCUT2D eigenvalue weighted by Gasteiger charge is 2.23. The quantitative estimate of drug-likeness (QED) is 0.482. The number of rotatable bonds is 6. The average molecular weight is 331 g/mol. The van der Waals surface area contributed by atoms with Gasteiger partial charge < -0.3 is 4.74 Å². The number of carbonyl (C=O) groups excluding carboxylic acids is 1. The van der Waals surface area contributed by atoms with Crippen molar-refractivity contribution in [3.63, 3.8) is 0 Å². The van der Waals surface area contributed by atoms with Crippen molar-refractivity contribution in [2.45, 2.75) is 6.04 Å². The van der Waals surface area contributed by atoms with E-state index in [2.05, 4.69) is 5.18 Å². The fraction of sp³-hybridized carbons (Fsp3) is 0.0952. The number of hydrogen-bond acceptors (Lipinski definition) is 4. The molecule has 0 radical (unpaired) electrons. The first-order chi connectivity index (χ1) is 12.3. The number of ketones is 1. The molecule has 4 nitrogen and oxygen atoms in total. The fourth-order valence-corrected chi connectivity index (χ4v) is 2.85. The van der Waals surface area contributed by atoms with E-state index in [0.29, 0.717) is 22.4 Å². The molecule has 0 spiro atoms. The van der Waals surface area contributed by atoms with Crippen molar-refractivity contribution in [3.05, 3.63) is 106 Å². The van der Waals surface area contributed by atoms with E-state index >= 15 is 0 Å². The Labute approximate surface area is 146 Å².